The normalized spacial score (nSPS) is 14.5. The maximum atomic E-state index is 12.8. The molecule has 1 atom stereocenters. The van der Waals surface area contributed by atoms with E-state index in [-0.39, 0.29) is 4.47 Å². The number of nitrogens with one attached hydrogen (secondary N) is 1. The fourth-order valence-electron chi connectivity index (χ4n) is 1.32. The molecule has 1 aromatic rings. The number of alkyl halides is 5. The van der Waals surface area contributed by atoms with E-state index in [1.807, 2.05) is 0 Å². The third-order valence-electron chi connectivity index (χ3n) is 2.42. The molecule has 0 amide bonds. The highest BCUT2D eigenvalue weighted by molar-refractivity contribution is 9.10. The Morgan fingerprint density at radius 1 is 1.29 bits per heavy atom. The zero-order valence-electron chi connectivity index (χ0n) is 10.2. The van der Waals surface area contributed by atoms with Gasteiger partial charge in [0.25, 0.3) is 6.43 Å². The lowest BCUT2D eigenvalue weighted by molar-refractivity contribution is -0.147. The quantitative estimate of drug-likeness (QED) is 0.745. The van der Waals surface area contributed by atoms with Gasteiger partial charge in [-0.25, -0.2) is 17.2 Å². The zero-order valence-corrected chi connectivity index (χ0v) is 13.3. The lowest BCUT2D eigenvalue weighted by atomic mass is 10.2. The second-order valence-corrected chi connectivity index (χ2v) is 6.87. The third kappa shape index (κ3) is 4.27. The molecule has 0 saturated heterocycles. The molecule has 0 spiro atoms. The summed E-state index contributed by atoms with van der Waals surface area (Å²) in [4.78, 5) is -0.848. The lowest BCUT2D eigenvalue weighted by Crippen LogP contribution is -2.43. The van der Waals surface area contributed by atoms with Gasteiger partial charge in [0.05, 0.1) is 10.6 Å². The maximum Gasteiger partial charge on any atom is 0.404 e. The smallest absolute Gasteiger partial charge is 0.207 e. The van der Waals surface area contributed by atoms with Crippen LogP contribution in [0.15, 0.2) is 21.5 Å². The van der Waals surface area contributed by atoms with Crippen molar-refractivity contribution in [3.8, 4) is 0 Å². The van der Waals surface area contributed by atoms with Crippen molar-refractivity contribution in [3.63, 3.8) is 0 Å². The highest BCUT2D eigenvalue weighted by Crippen LogP contribution is 2.37. The fourth-order valence-corrected chi connectivity index (χ4v) is 3.81. The topological polar surface area (TPSA) is 46.2 Å². The number of hydrogen-bond donors (Lipinski definition) is 1. The van der Waals surface area contributed by atoms with Crippen LogP contribution in [-0.4, -0.2) is 20.6 Å². The Kier molecular flexibility index (Phi) is 5.62. The van der Waals surface area contributed by atoms with Gasteiger partial charge in [-0.15, -0.1) is 0 Å². The zero-order chi connectivity index (χ0) is 16.6. The number of rotatable bonds is 4. The van der Waals surface area contributed by atoms with Crippen LogP contribution >= 0.6 is 27.5 Å². The second kappa shape index (κ2) is 6.35. The molecule has 1 unspecified atom stereocenters. The molecule has 0 radical (unpaired) electrons. The van der Waals surface area contributed by atoms with Gasteiger partial charge in [0.15, 0.2) is 0 Å². The fraction of sp³-hybridized carbons (Fsp3) is 0.400. The van der Waals surface area contributed by atoms with E-state index >= 15 is 0 Å². The molecule has 1 aromatic carbocycles. The molecule has 0 aliphatic carbocycles. The second-order valence-electron chi connectivity index (χ2n) is 3.96. The average molecular weight is 417 g/mol. The lowest BCUT2D eigenvalue weighted by Gasteiger charge is -2.18. The number of benzene rings is 1. The van der Waals surface area contributed by atoms with Crippen LogP contribution in [0.4, 0.5) is 22.0 Å². The van der Waals surface area contributed by atoms with Gasteiger partial charge < -0.3 is 0 Å². The monoisotopic (exact) mass is 415 g/mol. The molecule has 1 N–H and O–H groups in total. The van der Waals surface area contributed by atoms with Crippen molar-refractivity contribution in [2.75, 3.05) is 0 Å². The van der Waals surface area contributed by atoms with Crippen molar-refractivity contribution in [3.05, 3.63) is 27.2 Å². The van der Waals surface area contributed by atoms with Crippen LogP contribution in [0.3, 0.4) is 0 Å². The molecule has 0 saturated carbocycles. The minimum absolute atomic E-state index is 0.148. The molecule has 0 aliphatic heterocycles. The summed E-state index contributed by atoms with van der Waals surface area (Å²) in [5.41, 5.74) is -0.806. The van der Waals surface area contributed by atoms with Crippen molar-refractivity contribution >= 4 is 37.6 Å². The molecule has 120 valence electrons. The highest BCUT2D eigenvalue weighted by atomic mass is 79.9. The van der Waals surface area contributed by atoms with Gasteiger partial charge in [0.1, 0.15) is 10.9 Å². The first-order valence-corrected chi connectivity index (χ1v) is 7.88. The van der Waals surface area contributed by atoms with E-state index in [4.69, 9.17) is 11.6 Å². The first kappa shape index (κ1) is 18.6. The predicted octanol–water partition coefficient (Wildman–Crippen LogP) is 4.27. The van der Waals surface area contributed by atoms with Crippen molar-refractivity contribution in [2.24, 2.45) is 0 Å². The van der Waals surface area contributed by atoms with E-state index < -0.39 is 44.1 Å². The van der Waals surface area contributed by atoms with Gasteiger partial charge in [-0.3, -0.25) is 0 Å². The van der Waals surface area contributed by atoms with Crippen LogP contribution < -0.4 is 4.72 Å². The predicted molar refractivity (Wildman–Crippen MR) is 69.9 cm³/mol. The van der Waals surface area contributed by atoms with Gasteiger partial charge in [0.2, 0.25) is 10.0 Å². The summed E-state index contributed by atoms with van der Waals surface area (Å²) in [6.07, 6.45) is -7.91. The number of sulfonamides is 1. The first-order valence-electron chi connectivity index (χ1n) is 5.23. The minimum Gasteiger partial charge on any atom is -0.207 e. The Bertz CT molecular complexity index is 635. The van der Waals surface area contributed by atoms with Crippen LogP contribution in [0.5, 0.6) is 0 Å². The molecule has 0 fully saturated rings. The molecule has 11 heteroatoms. The van der Waals surface area contributed by atoms with Crippen molar-refractivity contribution in [1.82, 2.24) is 4.72 Å². The van der Waals surface area contributed by atoms with Gasteiger partial charge in [0, 0.05) is 4.47 Å². The van der Waals surface area contributed by atoms with E-state index in [2.05, 4.69) is 15.9 Å². The van der Waals surface area contributed by atoms with Crippen LogP contribution in [0, 0.1) is 0 Å². The van der Waals surface area contributed by atoms with Gasteiger partial charge in [-0.1, -0.05) is 27.5 Å². The molecule has 21 heavy (non-hydrogen) atoms. The SMILES string of the molecule is CC(NS(=O)(=O)c1ccc(Br)c(C(F)F)c1Cl)C(F)(F)F. The van der Waals surface area contributed by atoms with Crippen molar-refractivity contribution < 1.29 is 30.4 Å². The summed E-state index contributed by atoms with van der Waals surface area (Å²) in [5, 5.41) is -0.832. The molecule has 3 nitrogen and oxygen atoms in total. The molecule has 0 bridgehead atoms. The van der Waals surface area contributed by atoms with Gasteiger partial charge in [-0.2, -0.15) is 17.9 Å². The molecule has 0 aromatic heterocycles. The summed E-state index contributed by atoms with van der Waals surface area (Å²) >= 11 is 8.35. The summed E-state index contributed by atoms with van der Waals surface area (Å²) in [6.45, 7) is 0.582. The van der Waals surface area contributed by atoms with Crippen LogP contribution in [-0.2, 0) is 10.0 Å². The molecule has 0 heterocycles. The van der Waals surface area contributed by atoms with E-state index in [0.717, 1.165) is 12.1 Å². The Morgan fingerprint density at radius 2 is 1.81 bits per heavy atom. The molecule has 0 aliphatic rings. The van der Waals surface area contributed by atoms with Crippen LogP contribution in [0.1, 0.15) is 18.9 Å². The molecular weight excluding hydrogens is 409 g/mol. The summed E-state index contributed by atoms with van der Waals surface area (Å²) in [7, 11) is -4.70. The Morgan fingerprint density at radius 3 is 2.24 bits per heavy atom. The summed E-state index contributed by atoms with van der Waals surface area (Å²) in [6, 6.07) is -0.582. The number of halogens is 7. The minimum atomic E-state index is -4.82. The maximum absolute atomic E-state index is 12.8. The highest BCUT2D eigenvalue weighted by Gasteiger charge is 2.39. The van der Waals surface area contributed by atoms with Crippen LogP contribution in [0.2, 0.25) is 5.02 Å². The van der Waals surface area contributed by atoms with E-state index in [9.17, 15) is 30.4 Å². The van der Waals surface area contributed by atoms with Crippen molar-refractivity contribution in [2.45, 2.75) is 30.5 Å². The van der Waals surface area contributed by atoms with Crippen LogP contribution in [0.25, 0.3) is 0 Å². The van der Waals surface area contributed by atoms with E-state index in [0.29, 0.717) is 6.92 Å². The standard InChI is InChI=1S/C10H8BrClF5NO2S/c1-4(10(15,16)17)18-21(19,20)6-3-2-5(11)7(8(6)12)9(13)14/h2-4,9,18H,1H3. The van der Waals surface area contributed by atoms with E-state index in [1.54, 1.807) is 0 Å². The Balaban J connectivity index is 3.31. The largest absolute Gasteiger partial charge is 0.404 e. The summed E-state index contributed by atoms with van der Waals surface area (Å²) < 4.78 is 87.6. The molecule has 1 rings (SSSR count). The van der Waals surface area contributed by atoms with E-state index in [1.165, 1.54) is 4.72 Å². The van der Waals surface area contributed by atoms with Crippen molar-refractivity contribution in [1.29, 1.82) is 0 Å². The Hall–Kier alpha value is -0.450. The average Bonchev–Trinajstić information content (AvgIpc) is 2.25. The molecular formula is C10H8BrClF5NO2S. The number of hydrogen-bond acceptors (Lipinski definition) is 2. The first-order chi connectivity index (χ1) is 9.38. The van der Waals surface area contributed by atoms with Gasteiger partial charge >= 0.3 is 6.18 Å². The Labute approximate surface area is 130 Å². The summed E-state index contributed by atoms with van der Waals surface area (Å²) in [5.74, 6) is 0. The third-order valence-corrected chi connectivity index (χ3v) is 5.22. The van der Waals surface area contributed by atoms with Gasteiger partial charge in [-0.05, 0) is 19.1 Å².